The van der Waals surface area contributed by atoms with E-state index in [4.69, 9.17) is 27.9 Å². The number of piperidine rings is 1. The summed E-state index contributed by atoms with van der Waals surface area (Å²) in [5.41, 5.74) is 0.677. The number of halogens is 2. The summed E-state index contributed by atoms with van der Waals surface area (Å²) >= 11 is 14.1. The van der Waals surface area contributed by atoms with Gasteiger partial charge in [0.25, 0.3) is 0 Å². The number of amides is 2. The van der Waals surface area contributed by atoms with Gasteiger partial charge in [0.15, 0.2) is 0 Å². The first kappa shape index (κ1) is 26.6. The van der Waals surface area contributed by atoms with E-state index in [1.807, 2.05) is 32.2 Å². The molecule has 9 heteroatoms. The van der Waals surface area contributed by atoms with Gasteiger partial charge in [-0.05, 0) is 49.1 Å². The topological polar surface area (TPSA) is 75.7 Å². The van der Waals surface area contributed by atoms with Crippen LogP contribution in [0.1, 0.15) is 38.7 Å². The average molecular weight is 501 g/mol. The van der Waals surface area contributed by atoms with Gasteiger partial charge < -0.3 is 15.0 Å². The van der Waals surface area contributed by atoms with Crippen LogP contribution in [0.3, 0.4) is 0 Å². The molecule has 0 bridgehead atoms. The lowest BCUT2D eigenvalue weighted by Crippen LogP contribution is -2.48. The standard InChI is InChI=1S/C23H30Cl2N2O4S/c1-14(2)13-17(23(30)31-3)26-22(29)16-9-11-27(12-10-16)19(28)8-6-15-5-7-18(32-4)21(25)20(15)24/h5-8,14,16-17H,9-13H2,1-4H3,(H,26,29)/b8-6+/t17-/m0/s1. The number of thioether (sulfide) groups is 1. The molecule has 1 aliphatic heterocycles. The van der Waals surface area contributed by atoms with Crippen LogP contribution in [0.15, 0.2) is 23.1 Å². The van der Waals surface area contributed by atoms with Crippen molar-refractivity contribution in [1.82, 2.24) is 10.2 Å². The van der Waals surface area contributed by atoms with Crippen molar-refractivity contribution in [2.24, 2.45) is 11.8 Å². The van der Waals surface area contributed by atoms with Gasteiger partial charge in [0.05, 0.1) is 17.2 Å². The Morgan fingerprint density at radius 3 is 2.44 bits per heavy atom. The molecule has 0 saturated carbocycles. The normalized spacial score (nSPS) is 15.8. The number of benzene rings is 1. The highest BCUT2D eigenvalue weighted by atomic mass is 35.5. The van der Waals surface area contributed by atoms with Gasteiger partial charge in [-0.1, -0.05) is 43.1 Å². The summed E-state index contributed by atoms with van der Waals surface area (Å²) < 4.78 is 4.81. The van der Waals surface area contributed by atoms with Crippen LogP contribution in [-0.4, -0.2) is 55.2 Å². The molecule has 1 saturated heterocycles. The predicted octanol–water partition coefficient (Wildman–Crippen LogP) is 4.67. The Labute approximate surface area is 204 Å². The molecule has 0 spiro atoms. The Kier molecular flexibility index (Phi) is 10.4. The van der Waals surface area contributed by atoms with Gasteiger partial charge in [0, 0.05) is 30.0 Å². The van der Waals surface area contributed by atoms with Crippen LogP contribution in [0.2, 0.25) is 10.0 Å². The first-order valence-corrected chi connectivity index (χ1v) is 12.5. The molecular formula is C23H30Cl2N2O4S. The number of carbonyl (C=O) groups excluding carboxylic acids is 3. The number of nitrogens with zero attached hydrogens (tertiary/aromatic N) is 1. The molecule has 0 radical (unpaired) electrons. The van der Waals surface area contributed by atoms with Crippen molar-refractivity contribution in [3.05, 3.63) is 33.8 Å². The predicted molar refractivity (Wildman–Crippen MR) is 130 cm³/mol. The quantitative estimate of drug-likeness (QED) is 0.318. The summed E-state index contributed by atoms with van der Waals surface area (Å²) in [5.74, 6) is -0.744. The number of hydrogen-bond acceptors (Lipinski definition) is 5. The molecule has 2 rings (SSSR count). The second-order valence-corrected chi connectivity index (χ2v) is 9.74. The summed E-state index contributed by atoms with van der Waals surface area (Å²) in [5, 5.41) is 3.71. The van der Waals surface area contributed by atoms with Crippen molar-refractivity contribution >= 4 is 58.8 Å². The van der Waals surface area contributed by atoms with Gasteiger partial charge in [-0.25, -0.2) is 4.79 Å². The van der Waals surface area contributed by atoms with Gasteiger partial charge in [0.1, 0.15) is 6.04 Å². The number of esters is 1. The van der Waals surface area contributed by atoms with Crippen LogP contribution in [0.25, 0.3) is 6.08 Å². The minimum Gasteiger partial charge on any atom is -0.467 e. The molecule has 0 aromatic heterocycles. The van der Waals surface area contributed by atoms with E-state index < -0.39 is 12.0 Å². The maximum Gasteiger partial charge on any atom is 0.328 e. The number of carbonyl (C=O) groups is 3. The number of nitrogens with one attached hydrogen (secondary N) is 1. The lowest BCUT2D eigenvalue weighted by Gasteiger charge is -2.31. The second-order valence-electron chi connectivity index (χ2n) is 8.13. The largest absolute Gasteiger partial charge is 0.467 e. The van der Waals surface area contributed by atoms with Crippen molar-refractivity contribution in [3.63, 3.8) is 0 Å². The Balaban J connectivity index is 1.92. The Morgan fingerprint density at radius 1 is 1.22 bits per heavy atom. The van der Waals surface area contributed by atoms with Crippen LogP contribution >= 0.6 is 35.0 Å². The van der Waals surface area contributed by atoms with Gasteiger partial charge in [-0.3, -0.25) is 9.59 Å². The Morgan fingerprint density at radius 2 is 1.88 bits per heavy atom. The van der Waals surface area contributed by atoms with Crippen LogP contribution in [0.4, 0.5) is 0 Å². The summed E-state index contributed by atoms with van der Waals surface area (Å²) in [6.07, 6.45) is 6.65. The van der Waals surface area contributed by atoms with Crippen LogP contribution < -0.4 is 5.32 Å². The minimum absolute atomic E-state index is 0.141. The van der Waals surface area contributed by atoms with Gasteiger partial charge in [-0.15, -0.1) is 11.8 Å². The van der Waals surface area contributed by atoms with Crippen molar-refractivity contribution in [1.29, 1.82) is 0 Å². The Bertz CT molecular complexity index is 868. The number of methoxy groups -OCH3 is 1. The molecule has 176 valence electrons. The number of ether oxygens (including phenoxy) is 1. The fourth-order valence-electron chi connectivity index (χ4n) is 3.58. The third kappa shape index (κ3) is 7.15. The van der Waals surface area contributed by atoms with Crippen molar-refractivity contribution < 1.29 is 19.1 Å². The molecule has 0 unspecified atom stereocenters. The maximum atomic E-state index is 12.7. The third-order valence-electron chi connectivity index (χ3n) is 5.39. The number of hydrogen-bond donors (Lipinski definition) is 1. The van der Waals surface area contributed by atoms with Gasteiger partial charge >= 0.3 is 5.97 Å². The average Bonchev–Trinajstić information content (AvgIpc) is 2.78. The van der Waals surface area contributed by atoms with E-state index in [1.54, 1.807) is 11.0 Å². The van der Waals surface area contributed by atoms with E-state index >= 15 is 0 Å². The van der Waals surface area contributed by atoms with Crippen LogP contribution in [0.5, 0.6) is 0 Å². The second kappa shape index (κ2) is 12.5. The van der Waals surface area contributed by atoms with Crippen molar-refractivity contribution in [2.75, 3.05) is 26.5 Å². The minimum atomic E-state index is -0.649. The molecule has 1 N–H and O–H groups in total. The molecule has 2 amide bonds. The van der Waals surface area contributed by atoms with Gasteiger partial charge in [0.2, 0.25) is 11.8 Å². The zero-order valence-electron chi connectivity index (χ0n) is 18.8. The molecule has 1 atom stereocenters. The van der Waals surface area contributed by atoms with E-state index in [2.05, 4.69) is 5.32 Å². The van der Waals surface area contributed by atoms with E-state index in [-0.39, 0.29) is 23.7 Å². The molecule has 0 aliphatic carbocycles. The van der Waals surface area contributed by atoms with Crippen LogP contribution in [-0.2, 0) is 19.1 Å². The summed E-state index contributed by atoms with van der Waals surface area (Å²) in [6, 6.07) is 3.05. The highest BCUT2D eigenvalue weighted by Crippen LogP contribution is 2.35. The number of rotatable bonds is 8. The van der Waals surface area contributed by atoms with Gasteiger partial charge in [-0.2, -0.15) is 0 Å². The summed E-state index contributed by atoms with van der Waals surface area (Å²) in [7, 11) is 1.32. The maximum absolute atomic E-state index is 12.7. The monoisotopic (exact) mass is 500 g/mol. The molecule has 6 nitrogen and oxygen atoms in total. The highest BCUT2D eigenvalue weighted by molar-refractivity contribution is 7.98. The SMILES string of the molecule is COC(=O)[C@H](CC(C)C)NC(=O)C1CCN(C(=O)/C=C/c2ccc(SC)c(Cl)c2Cl)CC1. The molecule has 1 aromatic carbocycles. The van der Waals surface area contributed by atoms with Crippen molar-refractivity contribution in [3.8, 4) is 0 Å². The summed E-state index contributed by atoms with van der Waals surface area (Å²) in [4.78, 5) is 39.8. The fraction of sp³-hybridized carbons (Fsp3) is 0.522. The zero-order chi connectivity index (χ0) is 23.8. The lowest BCUT2D eigenvalue weighted by molar-refractivity contribution is -0.146. The summed E-state index contributed by atoms with van der Waals surface area (Å²) in [6.45, 7) is 4.90. The molecule has 1 fully saturated rings. The lowest BCUT2D eigenvalue weighted by atomic mass is 9.94. The van der Waals surface area contributed by atoms with E-state index in [1.165, 1.54) is 24.9 Å². The molecule has 1 aliphatic rings. The smallest absolute Gasteiger partial charge is 0.328 e. The Hall–Kier alpha value is -1.70. The van der Waals surface area contributed by atoms with E-state index in [9.17, 15) is 14.4 Å². The van der Waals surface area contributed by atoms with E-state index in [0.29, 0.717) is 48.0 Å². The zero-order valence-corrected chi connectivity index (χ0v) is 21.1. The molecule has 1 heterocycles. The molecular weight excluding hydrogens is 471 g/mol. The first-order valence-electron chi connectivity index (χ1n) is 10.5. The van der Waals surface area contributed by atoms with Crippen LogP contribution in [0, 0.1) is 11.8 Å². The molecule has 1 aromatic rings. The highest BCUT2D eigenvalue weighted by Gasteiger charge is 2.30. The van der Waals surface area contributed by atoms with E-state index in [0.717, 1.165) is 4.90 Å². The fourth-order valence-corrected chi connectivity index (χ4v) is 4.75. The first-order chi connectivity index (χ1) is 15.2. The van der Waals surface area contributed by atoms with Crippen molar-refractivity contribution in [2.45, 2.75) is 44.0 Å². The third-order valence-corrected chi connectivity index (χ3v) is 7.18. The number of likely N-dealkylation sites (tertiary alicyclic amines) is 1. The molecule has 32 heavy (non-hydrogen) atoms.